The lowest BCUT2D eigenvalue weighted by Gasteiger charge is -2.06. The number of urea groups is 1. The van der Waals surface area contributed by atoms with Gasteiger partial charge in [0.2, 0.25) is 0 Å². The molecule has 0 fully saturated rings. The SMILES string of the molecule is O=C(O)CNC(=O)NCc1cc(F)ccc1F. The van der Waals surface area contributed by atoms with E-state index >= 15 is 0 Å². The van der Waals surface area contributed by atoms with Crippen LogP contribution < -0.4 is 10.6 Å². The standard InChI is InChI=1S/C10H10F2N2O3/c11-7-1-2-8(12)6(3-7)4-13-10(17)14-5-9(15)16/h1-3H,4-5H2,(H,15,16)(H2,13,14,17). The van der Waals surface area contributed by atoms with Gasteiger partial charge >= 0.3 is 12.0 Å². The summed E-state index contributed by atoms with van der Waals surface area (Å²) in [5.74, 6) is -2.46. The Balaban J connectivity index is 2.47. The molecule has 0 heterocycles. The zero-order valence-corrected chi connectivity index (χ0v) is 8.67. The topological polar surface area (TPSA) is 78.4 Å². The van der Waals surface area contributed by atoms with E-state index in [4.69, 9.17) is 5.11 Å². The van der Waals surface area contributed by atoms with E-state index in [1.165, 1.54) is 0 Å². The van der Waals surface area contributed by atoms with Crippen LogP contribution in [0.25, 0.3) is 0 Å². The maximum absolute atomic E-state index is 13.1. The summed E-state index contributed by atoms with van der Waals surface area (Å²) >= 11 is 0. The van der Waals surface area contributed by atoms with Crippen LogP contribution in [-0.4, -0.2) is 23.7 Å². The van der Waals surface area contributed by atoms with Gasteiger partial charge in [0.05, 0.1) is 0 Å². The number of hydrogen-bond donors (Lipinski definition) is 3. The first-order chi connectivity index (χ1) is 7.99. The summed E-state index contributed by atoms with van der Waals surface area (Å²) in [6.07, 6.45) is 0. The minimum Gasteiger partial charge on any atom is -0.480 e. The second kappa shape index (κ2) is 5.78. The predicted molar refractivity (Wildman–Crippen MR) is 54.2 cm³/mol. The minimum absolute atomic E-state index is 0.0181. The molecule has 0 atom stereocenters. The van der Waals surface area contributed by atoms with Gasteiger partial charge in [-0.2, -0.15) is 0 Å². The van der Waals surface area contributed by atoms with Crippen LogP contribution in [0.4, 0.5) is 13.6 Å². The number of carboxylic acids is 1. The van der Waals surface area contributed by atoms with E-state index in [2.05, 4.69) is 5.32 Å². The van der Waals surface area contributed by atoms with Crippen LogP contribution in [0.3, 0.4) is 0 Å². The number of halogens is 2. The number of nitrogens with one attached hydrogen (secondary N) is 2. The van der Waals surface area contributed by atoms with Crippen LogP contribution in [0.5, 0.6) is 0 Å². The molecule has 1 rings (SSSR count). The highest BCUT2D eigenvalue weighted by Crippen LogP contribution is 2.08. The van der Waals surface area contributed by atoms with Crippen molar-refractivity contribution in [2.75, 3.05) is 6.54 Å². The quantitative estimate of drug-likeness (QED) is 0.734. The molecule has 0 aromatic heterocycles. The van der Waals surface area contributed by atoms with Crippen LogP contribution in [0.1, 0.15) is 5.56 Å². The van der Waals surface area contributed by atoms with E-state index < -0.39 is 30.2 Å². The average molecular weight is 244 g/mol. The van der Waals surface area contributed by atoms with Gasteiger partial charge in [0.1, 0.15) is 18.2 Å². The second-order valence-corrected chi connectivity index (χ2v) is 3.17. The maximum atomic E-state index is 13.1. The number of carboxylic acid groups (broad SMARTS) is 1. The van der Waals surface area contributed by atoms with Gasteiger partial charge in [0.15, 0.2) is 0 Å². The third kappa shape index (κ3) is 4.45. The van der Waals surface area contributed by atoms with Gasteiger partial charge in [-0.25, -0.2) is 13.6 Å². The van der Waals surface area contributed by atoms with Crippen LogP contribution in [0.15, 0.2) is 18.2 Å². The molecule has 0 bridgehead atoms. The lowest BCUT2D eigenvalue weighted by Crippen LogP contribution is -2.38. The van der Waals surface area contributed by atoms with Crippen molar-refractivity contribution in [3.8, 4) is 0 Å². The van der Waals surface area contributed by atoms with Crippen molar-refractivity contribution in [3.63, 3.8) is 0 Å². The third-order valence-electron chi connectivity index (χ3n) is 1.85. The van der Waals surface area contributed by atoms with Crippen molar-refractivity contribution in [3.05, 3.63) is 35.4 Å². The van der Waals surface area contributed by atoms with E-state index in [0.29, 0.717) is 0 Å². The van der Waals surface area contributed by atoms with Crippen LogP contribution >= 0.6 is 0 Å². The minimum atomic E-state index is -1.20. The molecule has 0 saturated heterocycles. The number of benzene rings is 1. The van der Waals surface area contributed by atoms with Gasteiger partial charge in [-0.3, -0.25) is 4.79 Å². The van der Waals surface area contributed by atoms with Crippen molar-refractivity contribution in [2.24, 2.45) is 0 Å². The van der Waals surface area contributed by atoms with Gasteiger partial charge in [-0.05, 0) is 18.2 Å². The Morgan fingerprint density at radius 2 is 1.94 bits per heavy atom. The summed E-state index contributed by atoms with van der Waals surface area (Å²) < 4.78 is 25.9. The summed E-state index contributed by atoms with van der Waals surface area (Å²) in [6.45, 7) is -0.771. The molecule has 0 spiro atoms. The number of rotatable bonds is 4. The maximum Gasteiger partial charge on any atom is 0.323 e. The molecule has 2 amide bonds. The number of carbonyl (C=O) groups excluding carboxylic acids is 1. The highest BCUT2D eigenvalue weighted by Gasteiger charge is 2.06. The Hall–Kier alpha value is -2.18. The first-order valence-electron chi connectivity index (χ1n) is 4.66. The molecule has 0 radical (unpaired) electrons. The van der Waals surface area contributed by atoms with Crippen molar-refractivity contribution < 1.29 is 23.5 Å². The first kappa shape index (κ1) is 12.9. The molecule has 1 aromatic rings. The molecule has 0 aliphatic carbocycles. The highest BCUT2D eigenvalue weighted by molar-refractivity contribution is 5.79. The third-order valence-corrected chi connectivity index (χ3v) is 1.85. The summed E-state index contributed by atoms with van der Waals surface area (Å²) in [6, 6.07) is 2.09. The van der Waals surface area contributed by atoms with Crippen LogP contribution in [0, 0.1) is 11.6 Å². The van der Waals surface area contributed by atoms with E-state index in [-0.39, 0.29) is 12.1 Å². The van der Waals surface area contributed by atoms with Crippen molar-refractivity contribution in [1.29, 1.82) is 0 Å². The fraction of sp³-hybridized carbons (Fsp3) is 0.200. The fourth-order valence-electron chi connectivity index (χ4n) is 1.07. The van der Waals surface area contributed by atoms with E-state index in [9.17, 15) is 18.4 Å². The summed E-state index contributed by atoms with van der Waals surface area (Å²) in [4.78, 5) is 21.1. The summed E-state index contributed by atoms with van der Waals surface area (Å²) in [7, 11) is 0. The van der Waals surface area contributed by atoms with Crippen LogP contribution in [-0.2, 0) is 11.3 Å². The Morgan fingerprint density at radius 1 is 1.24 bits per heavy atom. The normalized spacial score (nSPS) is 9.76. The molecule has 17 heavy (non-hydrogen) atoms. The molecule has 0 aliphatic heterocycles. The fourth-order valence-corrected chi connectivity index (χ4v) is 1.07. The van der Waals surface area contributed by atoms with E-state index in [1.807, 2.05) is 5.32 Å². The Kier molecular flexibility index (Phi) is 4.38. The smallest absolute Gasteiger partial charge is 0.323 e. The predicted octanol–water partition coefficient (Wildman–Crippen LogP) is 0.849. The molecule has 5 nitrogen and oxygen atoms in total. The largest absolute Gasteiger partial charge is 0.480 e. The Labute approximate surface area is 95.4 Å². The van der Waals surface area contributed by atoms with Crippen molar-refractivity contribution in [2.45, 2.75) is 6.54 Å². The van der Waals surface area contributed by atoms with E-state index in [0.717, 1.165) is 18.2 Å². The Morgan fingerprint density at radius 3 is 2.59 bits per heavy atom. The van der Waals surface area contributed by atoms with Crippen LogP contribution in [0.2, 0.25) is 0 Å². The summed E-state index contributed by atoms with van der Waals surface area (Å²) in [5, 5.41) is 12.5. The molecule has 92 valence electrons. The lowest BCUT2D eigenvalue weighted by molar-refractivity contribution is -0.135. The molecule has 0 unspecified atom stereocenters. The van der Waals surface area contributed by atoms with Gasteiger partial charge in [-0.15, -0.1) is 0 Å². The molecule has 7 heteroatoms. The molecule has 3 N–H and O–H groups in total. The molecular formula is C10H10F2N2O3. The number of carbonyl (C=O) groups is 2. The van der Waals surface area contributed by atoms with Gasteiger partial charge in [0, 0.05) is 12.1 Å². The zero-order valence-electron chi connectivity index (χ0n) is 8.67. The average Bonchev–Trinajstić information content (AvgIpc) is 2.27. The lowest BCUT2D eigenvalue weighted by atomic mass is 10.2. The Bertz CT molecular complexity index is 438. The van der Waals surface area contributed by atoms with Gasteiger partial charge in [-0.1, -0.05) is 0 Å². The van der Waals surface area contributed by atoms with Crippen molar-refractivity contribution >= 4 is 12.0 Å². The van der Waals surface area contributed by atoms with Gasteiger partial charge in [0.25, 0.3) is 0 Å². The molecule has 0 aliphatic rings. The first-order valence-corrected chi connectivity index (χ1v) is 4.66. The molecule has 1 aromatic carbocycles. The zero-order chi connectivity index (χ0) is 12.8. The van der Waals surface area contributed by atoms with Gasteiger partial charge < -0.3 is 15.7 Å². The summed E-state index contributed by atoms with van der Waals surface area (Å²) in [5.41, 5.74) is -0.0181. The monoisotopic (exact) mass is 244 g/mol. The number of amides is 2. The van der Waals surface area contributed by atoms with E-state index in [1.54, 1.807) is 0 Å². The number of hydrogen-bond acceptors (Lipinski definition) is 2. The highest BCUT2D eigenvalue weighted by atomic mass is 19.1. The number of aliphatic carboxylic acids is 1. The molecule has 0 saturated carbocycles. The molecular weight excluding hydrogens is 234 g/mol. The van der Waals surface area contributed by atoms with Crippen molar-refractivity contribution in [1.82, 2.24) is 10.6 Å². The second-order valence-electron chi connectivity index (χ2n) is 3.17.